The maximum Gasteiger partial charge on any atom is 0.500 e. The molecule has 0 bridgehead atoms. The number of nitrogens with one attached hydrogen (secondary N) is 2. The summed E-state index contributed by atoms with van der Waals surface area (Å²) >= 11 is 0. The first-order valence-electron chi connectivity index (χ1n) is 22.3. The molecule has 2 rings (SSSR count). The quantitative estimate of drug-likeness (QED) is 0.0284. The predicted octanol–water partition coefficient (Wildman–Crippen LogP) is 8.29. The summed E-state index contributed by atoms with van der Waals surface area (Å²) in [7, 11) is -2.87. The van der Waals surface area contributed by atoms with Gasteiger partial charge in [0.2, 0.25) is 22.2 Å². The Labute approximate surface area is 368 Å². The predicted molar refractivity (Wildman–Crippen MR) is 243 cm³/mol. The Morgan fingerprint density at radius 2 is 0.750 bits per heavy atom. The van der Waals surface area contributed by atoms with E-state index in [1.807, 2.05) is 41.5 Å². The third-order valence-corrected chi connectivity index (χ3v) is 17.5. The zero-order valence-corrected chi connectivity index (χ0v) is 40.9. The van der Waals surface area contributed by atoms with Crippen LogP contribution in [0.1, 0.15) is 144 Å². The average molecular weight is 921 g/mol. The van der Waals surface area contributed by atoms with Gasteiger partial charge in [0.1, 0.15) is 0 Å². The number of hydrogen-bond donors (Lipinski definition) is 4. The molecule has 60 heavy (non-hydrogen) atoms. The van der Waals surface area contributed by atoms with Gasteiger partial charge in [-0.05, 0) is 88.8 Å². The van der Waals surface area contributed by atoms with E-state index in [1.165, 1.54) is 25.7 Å². The van der Waals surface area contributed by atoms with Crippen molar-refractivity contribution in [3.05, 3.63) is 0 Å². The van der Waals surface area contributed by atoms with E-state index >= 15 is 0 Å². The van der Waals surface area contributed by atoms with Crippen LogP contribution in [0.5, 0.6) is 0 Å². The van der Waals surface area contributed by atoms with Gasteiger partial charge in [-0.1, -0.05) is 77.0 Å². The maximum atomic E-state index is 12.7. The van der Waals surface area contributed by atoms with Crippen LogP contribution in [-0.4, -0.2) is 112 Å². The lowest BCUT2D eigenvalue weighted by molar-refractivity contribution is 0.0698. The Bertz CT molecular complexity index is 1310. The number of hydrogen-bond acceptors (Lipinski definition) is 16. The summed E-state index contributed by atoms with van der Waals surface area (Å²) in [6, 6.07) is 0.848. The largest absolute Gasteiger partial charge is 0.500 e. The minimum absolute atomic E-state index is 0.0294. The highest BCUT2D eigenvalue weighted by atomic mass is 33.1. The molecule has 0 radical (unpaired) electrons. The summed E-state index contributed by atoms with van der Waals surface area (Å²) in [5, 5.41) is 14.7. The van der Waals surface area contributed by atoms with Crippen LogP contribution < -0.4 is 22.1 Å². The monoisotopic (exact) mass is 920 g/mol. The maximum absolute atomic E-state index is 12.7. The Kier molecular flexibility index (Phi) is 29.1. The zero-order chi connectivity index (χ0) is 43.9. The van der Waals surface area contributed by atoms with Crippen LogP contribution in [0.15, 0.2) is 10.3 Å². The lowest BCUT2D eigenvalue weighted by Gasteiger charge is -2.28. The molecule has 0 aliphatic rings. The van der Waals surface area contributed by atoms with Crippen LogP contribution in [0.4, 0.5) is 21.5 Å². The van der Waals surface area contributed by atoms with Gasteiger partial charge in [-0.25, -0.2) is 9.59 Å². The fourth-order valence-corrected chi connectivity index (χ4v) is 13.5. The molecule has 0 saturated carbocycles. The molecule has 18 nitrogen and oxygen atoms in total. The topological polar surface area (TPSA) is 227 Å². The Hall–Kier alpha value is -2.29. The molecule has 346 valence electrons. The van der Waals surface area contributed by atoms with Crippen molar-refractivity contribution < 1.29 is 36.1 Å². The second-order valence-corrected chi connectivity index (χ2v) is 21.6. The van der Waals surface area contributed by atoms with Crippen LogP contribution in [0.2, 0.25) is 12.1 Å². The van der Waals surface area contributed by atoms with Gasteiger partial charge in [0.25, 0.3) is 0 Å². The van der Waals surface area contributed by atoms with Crippen LogP contribution in [-0.2, 0) is 26.6 Å². The second-order valence-electron chi connectivity index (χ2n) is 14.1. The third-order valence-electron chi connectivity index (χ3n) is 9.36. The van der Waals surface area contributed by atoms with Crippen molar-refractivity contribution in [3.8, 4) is 0 Å². The summed E-state index contributed by atoms with van der Waals surface area (Å²) in [6.07, 6.45) is 17.3. The fraction of sp³-hybridized carbons (Fsp3) is 0.842. The fourth-order valence-electron chi connectivity index (χ4n) is 6.65. The number of nitrogens with zero attached hydrogens (tertiary/aromatic N) is 6. The highest BCUT2D eigenvalue weighted by Gasteiger charge is 2.40. The second kappa shape index (κ2) is 32.4. The first-order chi connectivity index (χ1) is 29.1. The van der Waals surface area contributed by atoms with Crippen LogP contribution in [0.3, 0.4) is 0 Å². The SMILES string of the molecule is CCO[Si](CCCCCCCCCCNC(=O)n1nc(SSc2nc(N)n(C(=O)NCCCCCCCCCC[Si](OCC)(OCC)OCC)n2)nc1N)(OCC)OCC. The highest BCUT2D eigenvalue weighted by Crippen LogP contribution is 2.34. The minimum Gasteiger partial charge on any atom is -0.374 e. The smallest absolute Gasteiger partial charge is 0.374 e. The number of rotatable bonds is 37. The van der Waals surface area contributed by atoms with Crippen LogP contribution in [0.25, 0.3) is 0 Å². The molecule has 2 amide bonds. The van der Waals surface area contributed by atoms with Crippen molar-refractivity contribution in [2.45, 2.75) is 167 Å². The first-order valence-corrected chi connectivity index (χ1v) is 28.3. The molecule has 2 aromatic rings. The molecular formula is C38H76N10O8S2Si2. The number of carbonyl (C=O) groups is 2. The normalized spacial score (nSPS) is 12.0. The van der Waals surface area contributed by atoms with Crippen molar-refractivity contribution in [2.75, 3.05) is 64.2 Å². The standard InChI is InChI=1S/C38H76N10O8S2Si2/c1-7-51-59(52-8-2,53-9-3)31-27-23-19-15-13-17-21-25-29-41-37(49)47-33(39)43-35(45-47)57-58-36-44-34(40)48(46-36)38(50)42-30-26-22-18-14-16-20-24-28-32-60(54-10-4,55-11-5)56-12-6/h7-32H2,1-6H3,(H,41,49)(H,42,50)(H2,39,43,45)(H2,40,44,46). The van der Waals surface area contributed by atoms with E-state index in [1.54, 1.807) is 0 Å². The van der Waals surface area contributed by atoms with Crippen LogP contribution >= 0.6 is 21.6 Å². The Morgan fingerprint density at radius 3 is 1.03 bits per heavy atom. The van der Waals surface area contributed by atoms with E-state index in [2.05, 4.69) is 30.8 Å². The number of carbonyl (C=O) groups excluding carboxylic acids is 2. The number of nitrogens with two attached hydrogens (primary N) is 2. The molecule has 0 spiro atoms. The van der Waals surface area contributed by atoms with E-state index < -0.39 is 29.7 Å². The van der Waals surface area contributed by atoms with Crippen molar-refractivity contribution in [2.24, 2.45) is 0 Å². The number of amides is 2. The summed E-state index contributed by atoms with van der Waals surface area (Å²) < 4.78 is 37.8. The first kappa shape index (κ1) is 53.8. The average Bonchev–Trinajstić information content (AvgIpc) is 3.79. The molecule has 0 unspecified atom stereocenters. The van der Waals surface area contributed by atoms with E-state index in [0.717, 1.165) is 120 Å². The van der Waals surface area contributed by atoms with Gasteiger partial charge in [0.05, 0.1) is 0 Å². The number of unbranched alkanes of at least 4 members (excludes halogenated alkanes) is 14. The molecular weight excluding hydrogens is 845 g/mol. The number of aromatic nitrogens is 6. The molecule has 0 aliphatic heterocycles. The highest BCUT2D eigenvalue weighted by molar-refractivity contribution is 8.76. The molecule has 0 fully saturated rings. The molecule has 22 heteroatoms. The Morgan fingerprint density at radius 1 is 0.483 bits per heavy atom. The summed E-state index contributed by atoms with van der Waals surface area (Å²) in [5.41, 5.74) is 12.0. The van der Waals surface area contributed by atoms with E-state index in [-0.39, 0.29) is 22.2 Å². The molecule has 0 aliphatic carbocycles. The molecule has 0 atom stereocenters. The molecule has 6 N–H and O–H groups in total. The van der Waals surface area contributed by atoms with Gasteiger partial charge in [-0.2, -0.15) is 9.97 Å². The van der Waals surface area contributed by atoms with E-state index in [4.69, 9.17) is 38.0 Å². The summed E-state index contributed by atoms with van der Waals surface area (Å²) in [4.78, 5) is 33.8. The van der Waals surface area contributed by atoms with Crippen molar-refractivity contribution in [3.63, 3.8) is 0 Å². The van der Waals surface area contributed by atoms with Crippen molar-refractivity contribution in [1.82, 2.24) is 40.2 Å². The minimum atomic E-state index is -2.54. The number of nitrogen functional groups attached to an aromatic ring is 2. The molecule has 2 aromatic heterocycles. The third kappa shape index (κ3) is 21.2. The molecule has 0 aromatic carbocycles. The van der Waals surface area contributed by atoms with E-state index in [9.17, 15) is 9.59 Å². The van der Waals surface area contributed by atoms with Gasteiger partial charge in [0.15, 0.2) is 0 Å². The number of anilines is 2. The Balaban J connectivity index is 1.57. The lowest BCUT2D eigenvalue weighted by Crippen LogP contribution is -2.45. The summed E-state index contributed by atoms with van der Waals surface area (Å²) in [5.74, 6) is -0.0588. The van der Waals surface area contributed by atoms with Gasteiger partial charge in [-0.15, -0.1) is 19.6 Å². The molecule has 0 saturated heterocycles. The van der Waals surface area contributed by atoms with Gasteiger partial charge in [-0.3, -0.25) is 0 Å². The van der Waals surface area contributed by atoms with Crippen molar-refractivity contribution >= 4 is 63.2 Å². The van der Waals surface area contributed by atoms with Gasteiger partial charge in [0, 0.05) is 64.8 Å². The van der Waals surface area contributed by atoms with Crippen LogP contribution in [0, 0.1) is 0 Å². The molecule has 2 heterocycles. The zero-order valence-electron chi connectivity index (χ0n) is 37.3. The van der Waals surface area contributed by atoms with Crippen molar-refractivity contribution in [1.29, 1.82) is 0 Å². The van der Waals surface area contributed by atoms with E-state index in [0.29, 0.717) is 52.7 Å². The van der Waals surface area contributed by atoms with Gasteiger partial charge >= 0.3 is 29.7 Å². The lowest BCUT2D eigenvalue weighted by atomic mass is 10.1. The summed E-state index contributed by atoms with van der Waals surface area (Å²) in [6.45, 7) is 16.6. The van der Waals surface area contributed by atoms with Gasteiger partial charge < -0.3 is 48.7 Å².